The number of nitrogens with one attached hydrogen (secondary N) is 1. The molecule has 1 saturated heterocycles. The summed E-state index contributed by atoms with van der Waals surface area (Å²) >= 11 is 7.01. The molecule has 1 aromatic rings. The molecule has 2 rings (SSSR count). The fourth-order valence-electron chi connectivity index (χ4n) is 1.66. The lowest BCUT2D eigenvalue weighted by Gasteiger charge is -2.13. The summed E-state index contributed by atoms with van der Waals surface area (Å²) < 4.78 is 0. The van der Waals surface area contributed by atoms with Gasteiger partial charge in [-0.05, 0) is 43.3 Å². The van der Waals surface area contributed by atoms with Crippen LogP contribution in [0.15, 0.2) is 18.2 Å². The number of amides is 2. The second-order valence-corrected chi connectivity index (χ2v) is 5.42. The van der Waals surface area contributed by atoms with Crippen molar-refractivity contribution in [1.82, 2.24) is 4.90 Å². The molecule has 1 N–H and O–H groups in total. The molecule has 18 heavy (non-hydrogen) atoms. The standard InChI is InChI=1S/C12H13ClN2O2S/c1-3-15-11(16)10(18-12(15)17)14-8-5-4-7(2)9(13)6-8/h4-6,10,14H,3H2,1-2H3/t10-/m1/s1. The van der Waals surface area contributed by atoms with E-state index >= 15 is 0 Å². The Morgan fingerprint density at radius 3 is 2.72 bits per heavy atom. The largest absolute Gasteiger partial charge is 0.365 e. The Bertz CT molecular complexity index is 507. The van der Waals surface area contributed by atoms with Crippen molar-refractivity contribution < 1.29 is 9.59 Å². The van der Waals surface area contributed by atoms with E-state index in [4.69, 9.17) is 11.6 Å². The fraction of sp³-hybridized carbons (Fsp3) is 0.333. The number of aryl methyl sites for hydroxylation is 1. The van der Waals surface area contributed by atoms with Gasteiger partial charge in [-0.3, -0.25) is 14.5 Å². The summed E-state index contributed by atoms with van der Waals surface area (Å²) in [5.41, 5.74) is 1.71. The molecule has 0 spiro atoms. The first-order valence-electron chi connectivity index (χ1n) is 5.57. The van der Waals surface area contributed by atoms with Crippen LogP contribution in [-0.2, 0) is 4.79 Å². The number of imide groups is 1. The molecule has 2 amide bonds. The highest BCUT2D eigenvalue weighted by Gasteiger charge is 2.38. The molecule has 0 bridgehead atoms. The third-order valence-electron chi connectivity index (χ3n) is 2.72. The first-order chi connectivity index (χ1) is 8.52. The van der Waals surface area contributed by atoms with Gasteiger partial charge in [-0.15, -0.1) is 0 Å². The number of nitrogens with zero attached hydrogens (tertiary/aromatic N) is 1. The highest BCUT2D eigenvalue weighted by Crippen LogP contribution is 2.29. The number of hydrogen-bond donors (Lipinski definition) is 1. The highest BCUT2D eigenvalue weighted by molar-refractivity contribution is 8.15. The highest BCUT2D eigenvalue weighted by atomic mass is 35.5. The number of halogens is 1. The van der Waals surface area contributed by atoms with Crippen molar-refractivity contribution >= 4 is 40.2 Å². The van der Waals surface area contributed by atoms with Crippen molar-refractivity contribution in [2.75, 3.05) is 11.9 Å². The Balaban J connectivity index is 2.13. The summed E-state index contributed by atoms with van der Waals surface area (Å²) in [4.78, 5) is 24.7. The minimum Gasteiger partial charge on any atom is -0.365 e. The first-order valence-corrected chi connectivity index (χ1v) is 6.83. The molecule has 0 saturated carbocycles. The van der Waals surface area contributed by atoms with E-state index in [1.54, 1.807) is 13.0 Å². The second kappa shape index (κ2) is 5.20. The summed E-state index contributed by atoms with van der Waals surface area (Å²) in [5, 5.41) is 2.88. The Labute approximate surface area is 115 Å². The molecule has 1 atom stereocenters. The summed E-state index contributed by atoms with van der Waals surface area (Å²) in [6.45, 7) is 4.09. The van der Waals surface area contributed by atoms with Crippen LogP contribution in [0.3, 0.4) is 0 Å². The van der Waals surface area contributed by atoms with Crippen LogP contribution in [0.5, 0.6) is 0 Å². The maximum absolute atomic E-state index is 11.9. The van der Waals surface area contributed by atoms with Gasteiger partial charge >= 0.3 is 0 Å². The first kappa shape index (κ1) is 13.2. The molecule has 0 aliphatic carbocycles. The molecule has 0 aromatic heterocycles. The molecule has 96 valence electrons. The number of rotatable bonds is 3. The third-order valence-corrected chi connectivity index (χ3v) is 4.10. The Morgan fingerprint density at radius 2 is 2.17 bits per heavy atom. The molecule has 1 aromatic carbocycles. The second-order valence-electron chi connectivity index (χ2n) is 3.95. The molecule has 4 nitrogen and oxygen atoms in total. The van der Waals surface area contributed by atoms with Crippen molar-refractivity contribution in [2.45, 2.75) is 19.2 Å². The van der Waals surface area contributed by atoms with Gasteiger partial charge in [-0.1, -0.05) is 17.7 Å². The van der Waals surface area contributed by atoms with E-state index in [1.807, 2.05) is 19.1 Å². The number of likely N-dealkylation sites (N-methyl/N-ethyl adjacent to an activating group) is 1. The van der Waals surface area contributed by atoms with Crippen LogP contribution < -0.4 is 5.32 Å². The average molecular weight is 285 g/mol. The Morgan fingerprint density at radius 1 is 1.44 bits per heavy atom. The summed E-state index contributed by atoms with van der Waals surface area (Å²) in [5.74, 6) is -0.204. The van der Waals surface area contributed by atoms with Crippen LogP contribution in [0, 0.1) is 6.92 Å². The SMILES string of the molecule is CCN1C(=O)S[C@@H](Nc2ccc(C)c(Cl)c2)C1=O. The van der Waals surface area contributed by atoms with E-state index in [1.165, 1.54) is 4.90 Å². The van der Waals surface area contributed by atoms with E-state index < -0.39 is 5.37 Å². The Hall–Kier alpha value is -1.20. The predicted octanol–water partition coefficient (Wildman–Crippen LogP) is 3.10. The zero-order chi connectivity index (χ0) is 13.3. The third kappa shape index (κ3) is 2.47. The van der Waals surface area contributed by atoms with Crippen molar-refractivity contribution in [3.8, 4) is 0 Å². The smallest absolute Gasteiger partial charge is 0.290 e. The molecule has 1 aliphatic heterocycles. The van der Waals surface area contributed by atoms with Gasteiger partial charge < -0.3 is 5.32 Å². The molecule has 6 heteroatoms. The normalized spacial score (nSPS) is 19.5. The van der Waals surface area contributed by atoms with Gasteiger partial charge in [-0.2, -0.15) is 0 Å². The van der Waals surface area contributed by atoms with Crippen LogP contribution in [0.25, 0.3) is 0 Å². The van der Waals surface area contributed by atoms with E-state index in [0.29, 0.717) is 11.6 Å². The van der Waals surface area contributed by atoms with E-state index in [0.717, 1.165) is 23.0 Å². The maximum Gasteiger partial charge on any atom is 0.290 e. The van der Waals surface area contributed by atoms with Crippen LogP contribution >= 0.6 is 23.4 Å². The molecule has 0 radical (unpaired) electrons. The van der Waals surface area contributed by atoms with Crippen LogP contribution in [0.4, 0.5) is 10.5 Å². The zero-order valence-electron chi connectivity index (χ0n) is 10.1. The van der Waals surface area contributed by atoms with E-state index in [2.05, 4.69) is 5.32 Å². The number of anilines is 1. The van der Waals surface area contributed by atoms with Gasteiger partial charge in [0.2, 0.25) is 0 Å². The lowest BCUT2D eigenvalue weighted by Crippen LogP contribution is -2.34. The summed E-state index contributed by atoms with van der Waals surface area (Å²) in [7, 11) is 0. The summed E-state index contributed by atoms with van der Waals surface area (Å²) in [6.07, 6.45) is 0. The van der Waals surface area contributed by atoms with Crippen molar-refractivity contribution in [1.29, 1.82) is 0 Å². The fourth-order valence-corrected chi connectivity index (χ4v) is 2.81. The summed E-state index contributed by atoms with van der Waals surface area (Å²) in [6, 6.07) is 5.46. The average Bonchev–Trinajstić information content (AvgIpc) is 2.59. The van der Waals surface area contributed by atoms with Crippen molar-refractivity contribution in [3.05, 3.63) is 28.8 Å². The van der Waals surface area contributed by atoms with E-state index in [-0.39, 0.29) is 11.1 Å². The van der Waals surface area contributed by atoms with Gasteiger partial charge in [0.15, 0.2) is 5.37 Å². The van der Waals surface area contributed by atoms with Gasteiger partial charge in [0.05, 0.1) is 0 Å². The number of benzene rings is 1. The Kier molecular flexibility index (Phi) is 3.82. The minimum absolute atomic E-state index is 0.204. The van der Waals surface area contributed by atoms with Crippen molar-refractivity contribution in [2.24, 2.45) is 0 Å². The van der Waals surface area contributed by atoms with Gasteiger partial charge in [0.1, 0.15) is 0 Å². The minimum atomic E-state index is -0.559. The van der Waals surface area contributed by atoms with E-state index in [9.17, 15) is 9.59 Å². The molecular weight excluding hydrogens is 272 g/mol. The lowest BCUT2D eigenvalue weighted by molar-refractivity contribution is -0.126. The quantitative estimate of drug-likeness (QED) is 0.927. The van der Waals surface area contributed by atoms with Crippen LogP contribution in [0.2, 0.25) is 5.02 Å². The molecule has 0 unspecified atom stereocenters. The molecular formula is C12H13ClN2O2S. The van der Waals surface area contributed by atoms with Crippen LogP contribution in [-0.4, -0.2) is 28.0 Å². The predicted molar refractivity (Wildman–Crippen MR) is 74.0 cm³/mol. The van der Waals surface area contributed by atoms with Crippen LogP contribution in [0.1, 0.15) is 12.5 Å². The van der Waals surface area contributed by atoms with Crippen molar-refractivity contribution in [3.63, 3.8) is 0 Å². The number of carbonyl (C=O) groups is 2. The zero-order valence-corrected chi connectivity index (χ0v) is 11.6. The molecule has 1 heterocycles. The van der Waals surface area contributed by atoms with Gasteiger partial charge in [-0.25, -0.2) is 0 Å². The molecule has 1 fully saturated rings. The number of carbonyl (C=O) groups excluding carboxylic acids is 2. The maximum atomic E-state index is 11.9. The molecule has 1 aliphatic rings. The van der Waals surface area contributed by atoms with Gasteiger partial charge in [0, 0.05) is 17.3 Å². The monoisotopic (exact) mass is 284 g/mol. The topological polar surface area (TPSA) is 49.4 Å². The number of thioether (sulfide) groups is 1. The lowest BCUT2D eigenvalue weighted by atomic mass is 10.2. The van der Waals surface area contributed by atoms with Gasteiger partial charge in [0.25, 0.3) is 11.1 Å². The number of hydrogen-bond acceptors (Lipinski definition) is 4.